The van der Waals surface area contributed by atoms with Crippen LogP contribution in [0.5, 0.6) is 0 Å². The first-order chi connectivity index (χ1) is 10.3. The molecule has 0 aliphatic rings. The number of methoxy groups -OCH3 is 1. The van der Waals surface area contributed by atoms with Crippen molar-refractivity contribution in [3.05, 3.63) is 34.3 Å². The van der Waals surface area contributed by atoms with E-state index in [0.29, 0.717) is 16.3 Å². The fourth-order valence-corrected chi connectivity index (χ4v) is 2.87. The van der Waals surface area contributed by atoms with E-state index in [1.54, 1.807) is 18.5 Å². The maximum Gasteiger partial charge on any atom is 0.350 e. The van der Waals surface area contributed by atoms with E-state index >= 15 is 0 Å². The Balaban J connectivity index is 2.23. The van der Waals surface area contributed by atoms with Crippen LogP contribution in [0.2, 0.25) is 0 Å². The lowest BCUT2D eigenvalue weighted by atomic mass is 9.94. The van der Waals surface area contributed by atoms with Crippen LogP contribution in [0.15, 0.2) is 24.5 Å². The third-order valence-electron chi connectivity index (χ3n) is 2.95. The summed E-state index contributed by atoms with van der Waals surface area (Å²) in [7, 11) is 1.32. The van der Waals surface area contributed by atoms with Gasteiger partial charge in [0.05, 0.1) is 18.5 Å². The largest absolute Gasteiger partial charge is 0.465 e. The van der Waals surface area contributed by atoms with Gasteiger partial charge in [-0.1, -0.05) is 20.8 Å². The predicted octanol–water partition coefficient (Wildman–Crippen LogP) is 3.80. The van der Waals surface area contributed by atoms with Crippen molar-refractivity contribution in [2.24, 2.45) is 0 Å². The quantitative estimate of drug-likeness (QED) is 0.752. The summed E-state index contributed by atoms with van der Waals surface area (Å²) in [5.41, 5.74) is 0.975. The molecular weight excluding hydrogens is 302 g/mol. The molecule has 118 valence electrons. The second-order valence-corrected chi connectivity index (χ2v) is 6.83. The molecule has 2 aromatic rings. The number of amides is 2. The minimum Gasteiger partial charge on any atom is -0.465 e. The molecule has 0 aliphatic carbocycles. The van der Waals surface area contributed by atoms with E-state index in [9.17, 15) is 9.59 Å². The lowest BCUT2D eigenvalue weighted by molar-refractivity contribution is 0.0607. The van der Waals surface area contributed by atoms with Crippen LogP contribution in [-0.4, -0.2) is 24.1 Å². The highest BCUT2D eigenvalue weighted by Crippen LogP contribution is 2.35. The van der Waals surface area contributed by atoms with Gasteiger partial charge in [0.25, 0.3) is 0 Å². The SMILES string of the molecule is COC(=O)c1sc(C(C)(C)C)cc1NC(=O)Nc1cc[nH]c1. The van der Waals surface area contributed by atoms with Crippen molar-refractivity contribution in [2.75, 3.05) is 17.7 Å². The van der Waals surface area contributed by atoms with Crippen LogP contribution in [0.3, 0.4) is 0 Å². The number of carbonyl (C=O) groups is 2. The molecule has 2 aromatic heterocycles. The second-order valence-electron chi connectivity index (χ2n) is 5.77. The van der Waals surface area contributed by atoms with Crippen molar-refractivity contribution in [1.82, 2.24) is 4.98 Å². The molecule has 0 fully saturated rings. The number of esters is 1. The van der Waals surface area contributed by atoms with E-state index in [1.807, 2.05) is 26.8 Å². The highest BCUT2D eigenvalue weighted by Gasteiger charge is 2.24. The van der Waals surface area contributed by atoms with Crippen molar-refractivity contribution >= 4 is 34.7 Å². The molecule has 2 amide bonds. The Hall–Kier alpha value is -2.28. The summed E-state index contributed by atoms with van der Waals surface area (Å²) in [6.45, 7) is 6.14. The lowest BCUT2D eigenvalue weighted by Gasteiger charge is -2.15. The number of thiophene rings is 1. The first-order valence-electron chi connectivity index (χ1n) is 6.74. The van der Waals surface area contributed by atoms with E-state index in [4.69, 9.17) is 4.74 Å². The minimum atomic E-state index is -0.461. The number of hydrogen-bond donors (Lipinski definition) is 3. The molecule has 22 heavy (non-hydrogen) atoms. The van der Waals surface area contributed by atoms with Crippen LogP contribution >= 0.6 is 11.3 Å². The third kappa shape index (κ3) is 3.67. The zero-order valence-corrected chi connectivity index (χ0v) is 13.8. The van der Waals surface area contributed by atoms with Gasteiger partial charge in [-0.05, 0) is 17.5 Å². The number of urea groups is 1. The maximum absolute atomic E-state index is 12.0. The highest BCUT2D eigenvalue weighted by molar-refractivity contribution is 7.14. The van der Waals surface area contributed by atoms with Gasteiger partial charge in [-0.15, -0.1) is 11.3 Å². The number of anilines is 2. The summed E-state index contributed by atoms with van der Waals surface area (Å²) in [4.78, 5) is 28.1. The first-order valence-corrected chi connectivity index (χ1v) is 7.56. The maximum atomic E-state index is 12.0. The van der Waals surface area contributed by atoms with E-state index in [1.165, 1.54) is 18.4 Å². The molecule has 0 atom stereocenters. The number of hydrogen-bond acceptors (Lipinski definition) is 4. The van der Waals surface area contributed by atoms with Crippen LogP contribution in [-0.2, 0) is 10.2 Å². The van der Waals surface area contributed by atoms with Crippen molar-refractivity contribution in [1.29, 1.82) is 0 Å². The number of carbonyl (C=O) groups excluding carboxylic acids is 2. The van der Waals surface area contributed by atoms with Crippen molar-refractivity contribution < 1.29 is 14.3 Å². The number of ether oxygens (including phenoxy) is 1. The summed E-state index contributed by atoms with van der Waals surface area (Å²) < 4.78 is 4.79. The zero-order chi connectivity index (χ0) is 16.3. The Morgan fingerprint density at radius 3 is 2.55 bits per heavy atom. The lowest BCUT2D eigenvalue weighted by Crippen LogP contribution is -2.20. The Morgan fingerprint density at radius 2 is 2.00 bits per heavy atom. The number of aromatic nitrogens is 1. The van der Waals surface area contributed by atoms with Gasteiger partial charge in [-0.25, -0.2) is 9.59 Å². The van der Waals surface area contributed by atoms with Gasteiger partial charge >= 0.3 is 12.0 Å². The first kappa shape index (κ1) is 16.1. The van der Waals surface area contributed by atoms with Crippen LogP contribution in [0.4, 0.5) is 16.2 Å². The number of aromatic amines is 1. The number of nitrogens with one attached hydrogen (secondary N) is 3. The Kier molecular flexibility index (Phi) is 4.56. The van der Waals surface area contributed by atoms with Crippen molar-refractivity contribution in [2.45, 2.75) is 26.2 Å². The predicted molar refractivity (Wildman–Crippen MR) is 87.8 cm³/mol. The standard InChI is InChI=1S/C15H19N3O3S/c1-15(2,3)11-7-10(12(22-11)13(19)21-4)18-14(20)17-9-5-6-16-8-9/h5-8,16H,1-4H3,(H2,17,18,20). The van der Waals surface area contributed by atoms with Gasteiger partial charge in [0.1, 0.15) is 4.88 Å². The van der Waals surface area contributed by atoms with E-state index in [-0.39, 0.29) is 5.41 Å². The van der Waals surface area contributed by atoms with Crippen LogP contribution in [0.25, 0.3) is 0 Å². The molecule has 0 aliphatic heterocycles. The van der Waals surface area contributed by atoms with Gasteiger partial charge < -0.3 is 20.4 Å². The monoisotopic (exact) mass is 321 g/mol. The topological polar surface area (TPSA) is 83.2 Å². The zero-order valence-electron chi connectivity index (χ0n) is 12.9. The van der Waals surface area contributed by atoms with Gasteiger partial charge in [0.15, 0.2) is 0 Å². The van der Waals surface area contributed by atoms with Crippen LogP contribution < -0.4 is 10.6 Å². The summed E-state index contributed by atoms with van der Waals surface area (Å²) in [6.07, 6.45) is 3.37. The van der Waals surface area contributed by atoms with Gasteiger partial charge in [-0.2, -0.15) is 0 Å². The van der Waals surface area contributed by atoms with Gasteiger partial charge in [0.2, 0.25) is 0 Å². The molecule has 0 unspecified atom stereocenters. The average molecular weight is 321 g/mol. The average Bonchev–Trinajstić information content (AvgIpc) is 3.06. The Morgan fingerprint density at radius 1 is 1.27 bits per heavy atom. The molecule has 0 saturated carbocycles. The molecule has 0 spiro atoms. The summed E-state index contributed by atoms with van der Waals surface area (Å²) >= 11 is 1.33. The molecule has 0 aromatic carbocycles. The molecule has 0 bridgehead atoms. The van der Waals surface area contributed by atoms with Gasteiger partial charge in [0, 0.05) is 17.3 Å². The summed E-state index contributed by atoms with van der Waals surface area (Å²) in [5.74, 6) is -0.461. The summed E-state index contributed by atoms with van der Waals surface area (Å²) in [6, 6.07) is 3.13. The van der Waals surface area contributed by atoms with Crippen molar-refractivity contribution in [3.63, 3.8) is 0 Å². The highest BCUT2D eigenvalue weighted by atomic mass is 32.1. The molecule has 0 saturated heterocycles. The second kappa shape index (κ2) is 6.23. The molecule has 3 N–H and O–H groups in total. The molecular formula is C15H19N3O3S. The van der Waals surface area contributed by atoms with Crippen LogP contribution in [0.1, 0.15) is 35.3 Å². The Bertz CT molecular complexity index is 669. The van der Waals surface area contributed by atoms with Crippen LogP contribution in [0, 0.1) is 0 Å². The molecule has 0 radical (unpaired) electrons. The fourth-order valence-electron chi connectivity index (χ4n) is 1.78. The van der Waals surface area contributed by atoms with E-state index in [2.05, 4.69) is 15.6 Å². The third-order valence-corrected chi connectivity index (χ3v) is 4.49. The van der Waals surface area contributed by atoms with Crippen molar-refractivity contribution in [3.8, 4) is 0 Å². The normalized spacial score (nSPS) is 11.1. The fraction of sp³-hybridized carbons (Fsp3) is 0.333. The number of rotatable bonds is 3. The minimum absolute atomic E-state index is 0.121. The molecule has 2 heterocycles. The number of H-pyrrole nitrogens is 1. The van der Waals surface area contributed by atoms with E-state index in [0.717, 1.165) is 4.88 Å². The molecule has 2 rings (SSSR count). The smallest absolute Gasteiger partial charge is 0.350 e. The summed E-state index contributed by atoms with van der Waals surface area (Å²) in [5, 5.41) is 5.38. The van der Waals surface area contributed by atoms with E-state index < -0.39 is 12.0 Å². The molecule has 7 heteroatoms. The van der Waals surface area contributed by atoms with Gasteiger partial charge in [-0.3, -0.25) is 0 Å². The molecule has 6 nitrogen and oxygen atoms in total. The Labute approximate surface area is 132 Å².